The van der Waals surface area contributed by atoms with Crippen LogP contribution in [0.5, 0.6) is 0 Å². The third-order valence-corrected chi connectivity index (χ3v) is 0.512. The van der Waals surface area contributed by atoms with E-state index in [0.717, 1.165) is 33.2 Å². The average Bonchev–Trinajstić information content (AvgIpc) is 2.29. The first-order valence-electron chi connectivity index (χ1n) is 4.67. The van der Waals surface area contributed by atoms with E-state index in [1.165, 1.54) is 0 Å². The van der Waals surface area contributed by atoms with Gasteiger partial charge < -0.3 is 24.1 Å². The summed E-state index contributed by atoms with van der Waals surface area (Å²) in [4.78, 5) is 0. The monoisotopic (exact) mass is 242 g/mol. The zero-order chi connectivity index (χ0) is 12.8. The Morgan fingerprint density at radius 3 is 1.21 bits per heavy atom. The molecule has 0 atom stereocenters. The normalized spacial score (nSPS) is 5.57. The van der Waals surface area contributed by atoms with Crippen LogP contribution in [0.1, 0.15) is 40.5 Å². The van der Waals surface area contributed by atoms with Crippen LogP contribution >= 0.6 is 0 Å². The molecule has 0 rings (SSSR count). The van der Waals surface area contributed by atoms with Gasteiger partial charge in [0.15, 0.2) is 0 Å². The average molecular weight is 242 g/mol. The molecule has 0 saturated heterocycles. The molecule has 0 aliphatic rings. The molecule has 0 fully saturated rings. The van der Waals surface area contributed by atoms with Crippen LogP contribution in [0, 0.1) is 13.8 Å². The van der Waals surface area contributed by atoms with Crippen molar-refractivity contribution in [2.24, 2.45) is 0 Å². The predicted octanol–water partition coefficient (Wildman–Crippen LogP) is 2.34. The van der Waals surface area contributed by atoms with E-state index in [4.69, 9.17) is 13.5 Å². The first-order valence-corrected chi connectivity index (χ1v) is 5.30. The Morgan fingerprint density at radius 1 is 1.00 bits per heavy atom. The summed E-state index contributed by atoms with van der Waals surface area (Å²) in [5.41, 5.74) is 0. The molecule has 14 heavy (non-hydrogen) atoms. The summed E-state index contributed by atoms with van der Waals surface area (Å²) in [5, 5.41) is 15.6. The van der Waals surface area contributed by atoms with Crippen LogP contribution in [0.15, 0.2) is 0 Å². The van der Waals surface area contributed by atoms with Gasteiger partial charge in [-0.3, -0.25) is 0 Å². The van der Waals surface area contributed by atoms with Gasteiger partial charge in [0.05, 0.1) is 0 Å². The quantitative estimate of drug-likeness (QED) is 0.577. The van der Waals surface area contributed by atoms with Crippen molar-refractivity contribution in [3.05, 3.63) is 13.8 Å². The molecule has 88 valence electrons. The van der Waals surface area contributed by atoms with Crippen molar-refractivity contribution in [2.75, 3.05) is 13.2 Å². The van der Waals surface area contributed by atoms with E-state index in [2.05, 4.69) is 20.8 Å². The molecule has 0 radical (unpaired) electrons. The van der Waals surface area contributed by atoms with Crippen molar-refractivity contribution in [3.63, 3.8) is 0 Å². The Hall–Kier alpha value is 0.434. The van der Waals surface area contributed by atoms with Crippen LogP contribution in [-0.2, 0) is 23.7 Å². The Kier molecular flexibility index (Phi) is 221. The minimum atomic E-state index is 0.250. The van der Waals surface area contributed by atoms with Crippen molar-refractivity contribution in [1.82, 2.24) is 0 Å². The van der Waals surface area contributed by atoms with Crippen molar-refractivity contribution in [1.29, 1.82) is 0 Å². The van der Waals surface area contributed by atoms with Gasteiger partial charge in [0, 0.05) is 13.2 Å². The fraction of sp³-hybridized carbons (Fsp3) is 0.800. The van der Waals surface area contributed by atoms with Gasteiger partial charge in [-0.25, -0.2) is 0 Å². The molecular weight excluding hydrogens is 216 g/mol. The molecule has 0 heterocycles. The zero-order valence-corrected chi connectivity index (χ0v) is 11.6. The van der Waals surface area contributed by atoms with Crippen LogP contribution in [-0.4, -0.2) is 23.4 Å². The molecule has 0 bridgehead atoms. The second kappa shape index (κ2) is 106. The molecule has 0 unspecified atom stereocenters. The Labute approximate surface area is 102 Å². The maximum atomic E-state index is 8.25. The Balaban J connectivity index is -0.0000000263. The van der Waals surface area contributed by atoms with Gasteiger partial charge in [-0.2, -0.15) is 13.8 Å². The number of aliphatic hydroxyl groups is 2. The van der Waals surface area contributed by atoms with E-state index in [0.29, 0.717) is 6.61 Å². The van der Waals surface area contributed by atoms with Gasteiger partial charge >= 0.3 is 23.7 Å². The summed E-state index contributed by atoms with van der Waals surface area (Å²) in [5.74, 6) is 0. The molecule has 0 saturated carbocycles. The van der Waals surface area contributed by atoms with Crippen molar-refractivity contribution in [3.8, 4) is 0 Å². The first kappa shape index (κ1) is 29.3. The maximum absolute atomic E-state index is 8.25. The first-order chi connectivity index (χ1) is 6.83. The fourth-order valence-electron chi connectivity index (χ4n) is 0.158. The molecule has 0 aromatic rings. The summed E-state index contributed by atoms with van der Waals surface area (Å²) < 4.78 is 8.25. The molecule has 0 spiro atoms. The van der Waals surface area contributed by atoms with Crippen LogP contribution in [0.3, 0.4) is 0 Å². The standard InChI is InChI=1S/C4H10O.C2H6O.2C2H5.O.Ti/c1-2-3-4-5;1-2-3;2*1-2;;/h5H,2-4H2,1H3;3H,2H2,1H3;2*1H2,2H3;;/q;;2*-1;;+2. The van der Waals surface area contributed by atoms with E-state index in [-0.39, 0.29) is 6.61 Å². The molecule has 4 heteroatoms. The second-order valence-electron chi connectivity index (χ2n) is 1.39. The Bertz CT molecular complexity index is 36.5. The van der Waals surface area contributed by atoms with Gasteiger partial charge in [-0.05, 0) is 13.3 Å². The molecule has 0 amide bonds. The molecule has 3 nitrogen and oxygen atoms in total. The Morgan fingerprint density at radius 2 is 1.21 bits per heavy atom. The van der Waals surface area contributed by atoms with E-state index in [1.54, 1.807) is 20.8 Å². The van der Waals surface area contributed by atoms with E-state index < -0.39 is 0 Å². The van der Waals surface area contributed by atoms with Crippen LogP contribution < -0.4 is 0 Å². The van der Waals surface area contributed by atoms with Crippen LogP contribution in [0.25, 0.3) is 0 Å². The molecule has 2 N–H and O–H groups in total. The molecular formula is C10H26O3Ti. The summed E-state index contributed by atoms with van der Waals surface area (Å²) in [6.07, 6.45) is 2.04. The van der Waals surface area contributed by atoms with Gasteiger partial charge in [0.1, 0.15) is 0 Å². The van der Waals surface area contributed by atoms with Gasteiger partial charge in [-0.1, -0.05) is 13.3 Å². The van der Waals surface area contributed by atoms with Crippen molar-refractivity contribution >= 4 is 0 Å². The topological polar surface area (TPSA) is 57.5 Å². The summed E-state index contributed by atoms with van der Waals surface area (Å²) in [6.45, 7) is 14.3. The van der Waals surface area contributed by atoms with E-state index >= 15 is 0 Å². The number of hydrogen-bond acceptors (Lipinski definition) is 3. The van der Waals surface area contributed by atoms with Crippen molar-refractivity contribution < 1.29 is 33.9 Å². The predicted molar refractivity (Wildman–Crippen MR) is 57.5 cm³/mol. The number of unbranched alkanes of at least 4 members (excludes halogenated alkanes) is 1. The number of aliphatic hydroxyl groups excluding tert-OH is 2. The van der Waals surface area contributed by atoms with Crippen LogP contribution in [0.4, 0.5) is 0 Å². The van der Waals surface area contributed by atoms with Gasteiger partial charge in [0.25, 0.3) is 0 Å². The summed E-state index contributed by atoms with van der Waals surface area (Å²) in [6, 6.07) is 0. The van der Waals surface area contributed by atoms with E-state index in [9.17, 15) is 0 Å². The zero-order valence-electron chi connectivity index (χ0n) is 10.0. The third-order valence-electron chi connectivity index (χ3n) is 0.512. The molecule has 0 aromatic carbocycles. The summed E-state index contributed by atoms with van der Waals surface area (Å²) >= 11 is 0.750. The van der Waals surface area contributed by atoms with Crippen molar-refractivity contribution in [2.45, 2.75) is 40.5 Å². The minimum absolute atomic E-state index is 0.250. The molecule has 0 aliphatic heterocycles. The second-order valence-corrected chi connectivity index (χ2v) is 1.39. The molecule has 0 aliphatic carbocycles. The third kappa shape index (κ3) is 274. The number of rotatable bonds is 2. The fourth-order valence-corrected chi connectivity index (χ4v) is 0.158. The van der Waals surface area contributed by atoms with Crippen LogP contribution in [0.2, 0.25) is 0 Å². The SMILES string of the molecule is CCCCO.CCO.[CH2-]C.[CH2-]C.[O]=[Ti+2]. The van der Waals surface area contributed by atoms with Gasteiger partial charge in [-0.15, -0.1) is 0 Å². The molecule has 0 aromatic heterocycles. The van der Waals surface area contributed by atoms with E-state index in [1.807, 2.05) is 0 Å². The number of hydrogen-bond donors (Lipinski definition) is 2. The summed E-state index contributed by atoms with van der Waals surface area (Å²) in [7, 11) is 0. The van der Waals surface area contributed by atoms with Gasteiger partial charge in [0.2, 0.25) is 0 Å².